The summed E-state index contributed by atoms with van der Waals surface area (Å²) < 4.78 is 39.5. The van der Waals surface area contributed by atoms with Gasteiger partial charge in [0, 0.05) is 5.56 Å². The predicted octanol–water partition coefficient (Wildman–Crippen LogP) is 3.32. The maximum Gasteiger partial charge on any atom is 0.419 e. The second kappa shape index (κ2) is 4.73. The Balaban J connectivity index is 2.06. The van der Waals surface area contributed by atoms with Crippen LogP contribution in [0.25, 0.3) is 0 Å². The van der Waals surface area contributed by atoms with E-state index in [-0.39, 0.29) is 10.8 Å². The first-order valence-electron chi connectivity index (χ1n) is 6.09. The summed E-state index contributed by atoms with van der Waals surface area (Å²) in [4.78, 5) is 3.83. The van der Waals surface area contributed by atoms with Gasteiger partial charge in [-0.1, -0.05) is 29.8 Å². The van der Waals surface area contributed by atoms with Gasteiger partial charge in [0.25, 0.3) is 5.82 Å². The van der Waals surface area contributed by atoms with E-state index >= 15 is 0 Å². The van der Waals surface area contributed by atoms with E-state index in [0.29, 0.717) is 12.4 Å². The number of amidine groups is 1. The molecule has 3 rings (SSSR count). The first kappa shape index (κ1) is 13.9. The molecular weight excluding hydrogens is 303 g/mol. The number of benzene rings is 1. The summed E-state index contributed by atoms with van der Waals surface area (Å²) in [6.07, 6.45) is -3.71. The van der Waals surface area contributed by atoms with Crippen LogP contribution in [0, 0.1) is 0 Å². The van der Waals surface area contributed by atoms with Gasteiger partial charge in [0.05, 0.1) is 17.7 Å². The van der Waals surface area contributed by atoms with E-state index in [4.69, 9.17) is 17.3 Å². The zero-order chi connectivity index (χ0) is 15.2. The number of halogens is 4. The summed E-state index contributed by atoms with van der Waals surface area (Å²) in [5.74, 6) is 0.651. The Morgan fingerprint density at radius 1 is 1.24 bits per heavy atom. The van der Waals surface area contributed by atoms with Crippen molar-refractivity contribution in [3.8, 4) is 0 Å². The lowest BCUT2D eigenvalue weighted by atomic mass is 10.1. The number of nitrogens with two attached hydrogens (primary N) is 1. The van der Waals surface area contributed by atoms with Gasteiger partial charge in [0.1, 0.15) is 11.2 Å². The van der Waals surface area contributed by atoms with E-state index in [2.05, 4.69) is 4.98 Å². The summed E-state index contributed by atoms with van der Waals surface area (Å²) in [6, 6.07) is 8.33. The van der Waals surface area contributed by atoms with Gasteiger partial charge in [0.15, 0.2) is 0 Å². The summed E-state index contributed by atoms with van der Waals surface area (Å²) in [5, 5.41) is -0.0828. The minimum absolute atomic E-state index is 0.0828. The maximum atomic E-state index is 12.6. The highest BCUT2D eigenvalue weighted by Crippen LogP contribution is 2.34. The highest BCUT2D eigenvalue weighted by atomic mass is 35.5. The number of fused-ring (bicyclic) bond motifs is 1. The fraction of sp³-hybridized carbons (Fsp3) is 0.143. The van der Waals surface area contributed by atoms with Crippen LogP contribution in [0.5, 0.6) is 0 Å². The molecule has 1 aromatic heterocycles. The third-order valence-corrected chi connectivity index (χ3v) is 3.60. The van der Waals surface area contributed by atoms with Gasteiger partial charge >= 0.3 is 6.18 Å². The van der Waals surface area contributed by atoms with Crippen molar-refractivity contribution in [2.75, 3.05) is 0 Å². The van der Waals surface area contributed by atoms with Crippen molar-refractivity contribution in [3.63, 3.8) is 0 Å². The first-order valence-corrected chi connectivity index (χ1v) is 6.46. The second-order valence-electron chi connectivity index (χ2n) is 4.66. The molecule has 0 saturated carbocycles. The van der Waals surface area contributed by atoms with E-state index < -0.39 is 11.7 Å². The molecule has 108 valence electrons. The SMILES string of the molecule is NC1=[N+](c2ncc(C(F)(F)F)cc2Cl)Cc2ccccc21. The fourth-order valence-corrected chi connectivity index (χ4v) is 2.55. The summed E-state index contributed by atoms with van der Waals surface area (Å²) in [5.41, 5.74) is 6.98. The minimum Gasteiger partial charge on any atom is -0.318 e. The molecule has 7 heteroatoms. The smallest absolute Gasteiger partial charge is 0.318 e. The van der Waals surface area contributed by atoms with Gasteiger partial charge in [-0.2, -0.15) is 13.2 Å². The number of hydrogen-bond acceptors (Lipinski definition) is 2. The summed E-state index contributed by atoms with van der Waals surface area (Å²) >= 11 is 5.95. The third kappa shape index (κ3) is 2.35. The predicted molar refractivity (Wildman–Crippen MR) is 72.6 cm³/mol. The van der Waals surface area contributed by atoms with Crippen molar-refractivity contribution in [3.05, 3.63) is 58.2 Å². The van der Waals surface area contributed by atoms with Gasteiger partial charge in [0.2, 0.25) is 5.84 Å². The van der Waals surface area contributed by atoms with Crippen LogP contribution in [0.4, 0.5) is 19.0 Å². The summed E-state index contributed by atoms with van der Waals surface area (Å²) in [6.45, 7) is 0.431. The van der Waals surface area contributed by atoms with Crippen molar-refractivity contribution in [1.29, 1.82) is 0 Å². The fourth-order valence-electron chi connectivity index (χ4n) is 2.28. The number of hydrogen-bond donors (Lipinski definition) is 1. The lowest BCUT2D eigenvalue weighted by Crippen LogP contribution is -2.21. The molecule has 0 bridgehead atoms. The average molecular weight is 313 g/mol. The van der Waals surface area contributed by atoms with Crippen LogP contribution < -0.4 is 5.73 Å². The van der Waals surface area contributed by atoms with Crippen LogP contribution in [0.3, 0.4) is 0 Å². The Morgan fingerprint density at radius 2 is 1.95 bits per heavy atom. The number of nitrogens with zero attached hydrogens (tertiary/aromatic N) is 2. The lowest BCUT2D eigenvalue weighted by Gasteiger charge is -2.07. The van der Waals surface area contributed by atoms with E-state index in [0.717, 1.165) is 23.4 Å². The molecule has 1 aliphatic rings. The molecule has 1 aliphatic heterocycles. The Bertz CT molecular complexity index is 753. The molecule has 1 aromatic carbocycles. The van der Waals surface area contributed by atoms with Crippen molar-refractivity contribution in [2.45, 2.75) is 12.7 Å². The van der Waals surface area contributed by atoms with E-state index in [1.807, 2.05) is 24.3 Å². The van der Waals surface area contributed by atoms with Crippen LogP contribution in [0.1, 0.15) is 16.7 Å². The van der Waals surface area contributed by atoms with Crippen LogP contribution in [-0.4, -0.2) is 15.4 Å². The Kier molecular flexibility index (Phi) is 3.13. The standard InChI is InChI=1S/C14H9ClF3N3/c15-11-5-9(14(16,17)18)6-20-13(11)21-7-8-3-1-2-4-10(8)12(21)19/h1-6,19H,7H2/p+1. The molecule has 3 nitrogen and oxygen atoms in total. The number of pyridine rings is 1. The van der Waals surface area contributed by atoms with Crippen molar-refractivity contribution < 1.29 is 17.7 Å². The van der Waals surface area contributed by atoms with Crippen LogP contribution in [0.15, 0.2) is 36.5 Å². The van der Waals surface area contributed by atoms with Gasteiger partial charge in [-0.3, -0.25) is 0 Å². The van der Waals surface area contributed by atoms with Crippen LogP contribution in [0.2, 0.25) is 5.02 Å². The molecule has 2 N–H and O–H groups in total. The minimum atomic E-state index is -4.47. The molecule has 0 radical (unpaired) electrons. The van der Waals surface area contributed by atoms with Crippen molar-refractivity contribution in [1.82, 2.24) is 4.98 Å². The average Bonchev–Trinajstić information content (AvgIpc) is 2.75. The maximum absolute atomic E-state index is 12.6. The topological polar surface area (TPSA) is 41.9 Å². The molecular formula is C14H10ClF3N3+. The molecule has 0 saturated heterocycles. The van der Waals surface area contributed by atoms with Crippen LogP contribution >= 0.6 is 11.6 Å². The normalized spacial score (nSPS) is 14.5. The van der Waals surface area contributed by atoms with Crippen LogP contribution in [-0.2, 0) is 12.7 Å². The van der Waals surface area contributed by atoms with E-state index in [9.17, 15) is 13.2 Å². The zero-order valence-electron chi connectivity index (χ0n) is 10.7. The van der Waals surface area contributed by atoms with Crippen molar-refractivity contribution >= 4 is 23.3 Å². The monoisotopic (exact) mass is 312 g/mol. The van der Waals surface area contributed by atoms with E-state index in [1.165, 1.54) is 0 Å². The van der Waals surface area contributed by atoms with Crippen molar-refractivity contribution in [2.24, 2.45) is 5.73 Å². The quantitative estimate of drug-likeness (QED) is 0.821. The van der Waals surface area contributed by atoms with Gasteiger partial charge < -0.3 is 5.73 Å². The summed E-state index contributed by atoms with van der Waals surface area (Å²) in [7, 11) is 0. The third-order valence-electron chi connectivity index (χ3n) is 3.32. The Hall–Kier alpha value is -2.08. The molecule has 0 spiro atoms. The highest BCUT2D eigenvalue weighted by molar-refractivity contribution is 6.32. The number of alkyl halides is 3. The van der Waals surface area contributed by atoms with E-state index in [1.54, 1.807) is 4.58 Å². The molecule has 0 amide bonds. The molecule has 2 aromatic rings. The zero-order valence-corrected chi connectivity index (χ0v) is 11.4. The molecule has 0 atom stereocenters. The Morgan fingerprint density at radius 3 is 2.57 bits per heavy atom. The highest BCUT2D eigenvalue weighted by Gasteiger charge is 2.34. The van der Waals surface area contributed by atoms with Gasteiger partial charge in [-0.25, -0.2) is 4.58 Å². The molecule has 0 aliphatic carbocycles. The first-order chi connectivity index (χ1) is 9.88. The molecule has 0 fully saturated rings. The number of aromatic nitrogens is 1. The molecule has 2 heterocycles. The molecule has 0 unspecified atom stereocenters. The number of rotatable bonds is 1. The lowest BCUT2D eigenvalue weighted by molar-refractivity contribution is -0.457. The van der Waals surface area contributed by atoms with Gasteiger partial charge in [-0.15, -0.1) is 4.98 Å². The Labute approximate surface area is 123 Å². The van der Waals surface area contributed by atoms with Gasteiger partial charge in [-0.05, 0) is 12.1 Å². The molecule has 21 heavy (non-hydrogen) atoms. The largest absolute Gasteiger partial charge is 0.419 e. The second-order valence-corrected chi connectivity index (χ2v) is 5.06.